The highest BCUT2D eigenvalue weighted by atomic mass is 79.9. The summed E-state index contributed by atoms with van der Waals surface area (Å²) in [7, 11) is 3.07. The number of halogens is 1. The maximum atomic E-state index is 12.2. The molecular formula is C17H14BrNO5. The van der Waals surface area contributed by atoms with E-state index >= 15 is 0 Å². The van der Waals surface area contributed by atoms with Gasteiger partial charge in [0.2, 0.25) is 0 Å². The standard InChI is InChI=1S/C17H14BrNO5/c1-23-16-9-12(14(18)10-17(16)24-2)5-8-15(20)11-3-6-13(7-4-11)19(21)22/h3-10H,1-2H3/b8-5+. The van der Waals surface area contributed by atoms with Crippen LogP contribution in [0.1, 0.15) is 15.9 Å². The summed E-state index contributed by atoms with van der Waals surface area (Å²) < 4.78 is 11.2. The number of ether oxygens (including phenoxy) is 2. The minimum absolute atomic E-state index is 0.0573. The van der Waals surface area contributed by atoms with Gasteiger partial charge in [-0.3, -0.25) is 14.9 Å². The van der Waals surface area contributed by atoms with Gasteiger partial charge >= 0.3 is 0 Å². The summed E-state index contributed by atoms with van der Waals surface area (Å²) in [6, 6.07) is 8.93. The molecule has 0 heterocycles. The van der Waals surface area contributed by atoms with Crippen LogP contribution in [0.5, 0.6) is 11.5 Å². The van der Waals surface area contributed by atoms with Gasteiger partial charge < -0.3 is 9.47 Å². The van der Waals surface area contributed by atoms with Gasteiger partial charge in [0, 0.05) is 22.2 Å². The van der Waals surface area contributed by atoms with Crippen LogP contribution < -0.4 is 9.47 Å². The molecule has 7 heteroatoms. The highest BCUT2D eigenvalue weighted by molar-refractivity contribution is 9.10. The zero-order valence-corrected chi connectivity index (χ0v) is 14.6. The molecule has 2 rings (SSSR count). The number of nitrogens with zero attached hydrogens (tertiary/aromatic N) is 1. The van der Waals surface area contributed by atoms with Crippen molar-refractivity contribution in [1.29, 1.82) is 0 Å². The van der Waals surface area contributed by atoms with E-state index in [0.717, 1.165) is 10.0 Å². The lowest BCUT2D eigenvalue weighted by molar-refractivity contribution is -0.384. The van der Waals surface area contributed by atoms with Crippen molar-refractivity contribution < 1.29 is 19.2 Å². The van der Waals surface area contributed by atoms with E-state index in [4.69, 9.17) is 9.47 Å². The van der Waals surface area contributed by atoms with Crippen LogP contribution in [-0.4, -0.2) is 24.9 Å². The molecule has 0 aliphatic carbocycles. The number of benzene rings is 2. The maximum absolute atomic E-state index is 12.2. The van der Waals surface area contributed by atoms with E-state index in [1.165, 1.54) is 44.6 Å². The number of hydrogen-bond donors (Lipinski definition) is 0. The average molecular weight is 392 g/mol. The van der Waals surface area contributed by atoms with E-state index in [9.17, 15) is 14.9 Å². The summed E-state index contributed by atoms with van der Waals surface area (Å²) in [5, 5.41) is 10.6. The van der Waals surface area contributed by atoms with E-state index in [2.05, 4.69) is 15.9 Å². The molecule has 0 N–H and O–H groups in total. The van der Waals surface area contributed by atoms with Crippen LogP contribution in [0.15, 0.2) is 46.9 Å². The minimum atomic E-state index is -0.509. The second-order valence-corrected chi connectivity index (χ2v) is 5.58. The molecule has 0 aromatic heterocycles. The number of hydrogen-bond acceptors (Lipinski definition) is 5. The molecule has 0 saturated carbocycles. The normalized spacial score (nSPS) is 10.6. The largest absolute Gasteiger partial charge is 0.493 e. The van der Waals surface area contributed by atoms with Crippen molar-refractivity contribution in [2.24, 2.45) is 0 Å². The van der Waals surface area contributed by atoms with E-state index in [0.29, 0.717) is 17.1 Å². The zero-order chi connectivity index (χ0) is 17.7. The van der Waals surface area contributed by atoms with E-state index in [-0.39, 0.29) is 11.5 Å². The van der Waals surface area contributed by atoms with Crippen LogP contribution in [0.3, 0.4) is 0 Å². The third kappa shape index (κ3) is 3.99. The Morgan fingerprint density at radius 2 is 1.71 bits per heavy atom. The van der Waals surface area contributed by atoms with Gasteiger partial charge in [-0.25, -0.2) is 0 Å². The molecule has 6 nitrogen and oxygen atoms in total. The first kappa shape index (κ1) is 17.7. The second kappa shape index (κ2) is 7.74. The number of nitro groups is 1. The summed E-state index contributed by atoms with van der Waals surface area (Å²) in [6.07, 6.45) is 3.03. The Balaban J connectivity index is 2.23. The number of non-ortho nitro benzene ring substituents is 1. The van der Waals surface area contributed by atoms with E-state index < -0.39 is 4.92 Å². The van der Waals surface area contributed by atoms with Crippen LogP contribution in [0, 0.1) is 10.1 Å². The minimum Gasteiger partial charge on any atom is -0.493 e. The lowest BCUT2D eigenvalue weighted by atomic mass is 10.1. The molecule has 0 fully saturated rings. The van der Waals surface area contributed by atoms with Crippen LogP contribution in [0.25, 0.3) is 6.08 Å². The van der Waals surface area contributed by atoms with Crippen molar-refractivity contribution >= 4 is 33.5 Å². The number of ketones is 1. The summed E-state index contributed by atoms with van der Waals surface area (Å²) >= 11 is 3.41. The molecule has 0 aliphatic heterocycles. The van der Waals surface area contributed by atoms with Crippen LogP contribution in [0.4, 0.5) is 5.69 Å². The first-order chi connectivity index (χ1) is 11.5. The summed E-state index contributed by atoms with van der Waals surface area (Å²) in [6.45, 7) is 0. The first-order valence-electron chi connectivity index (χ1n) is 6.84. The van der Waals surface area contributed by atoms with Crippen LogP contribution >= 0.6 is 15.9 Å². The monoisotopic (exact) mass is 391 g/mol. The molecule has 0 radical (unpaired) electrons. The topological polar surface area (TPSA) is 78.7 Å². The molecule has 124 valence electrons. The SMILES string of the molecule is COc1cc(Br)c(/C=C/C(=O)c2ccc([N+](=O)[O-])cc2)cc1OC. The molecule has 2 aromatic rings. The molecule has 0 aliphatic rings. The molecule has 0 unspecified atom stereocenters. The maximum Gasteiger partial charge on any atom is 0.269 e. The fourth-order valence-electron chi connectivity index (χ4n) is 2.01. The number of rotatable bonds is 6. The van der Waals surface area contributed by atoms with Crippen LogP contribution in [-0.2, 0) is 0 Å². The van der Waals surface area contributed by atoms with Gasteiger partial charge in [-0.2, -0.15) is 0 Å². The number of allylic oxidation sites excluding steroid dienone is 1. The smallest absolute Gasteiger partial charge is 0.269 e. The molecule has 0 saturated heterocycles. The zero-order valence-electron chi connectivity index (χ0n) is 13.0. The van der Waals surface area contributed by atoms with Crippen molar-refractivity contribution in [1.82, 2.24) is 0 Å². The van der Waals surface area contributed by atoms with Crippen LogP contribution in [0.2, 0.25) is 0 Å². The van der Waals surface area contributed by atoms with E-state index in [1.807, 2.05) is 0 Å². The fourth-order valence-corrected chi connectivity index (χ4v) is 2.46. The van der Waals surface area contributed by atoms with Gasteiger partial charge in [0.25, 0.3) is 5.69 Å². The van der Waals surface area contributed by atoms with Crippen molar-refractivity contribution in [3.05, 3.63) is 68.2 Å². The van der Waals surface area contributed by atoms with Crippen molar-refractivity contribution in [2.45, 2.75) is 0 Å². The Bertz CT molecular complexity index is 799. The third-order valence-corrected chi connectivity index (χ3v) is 3.97. The lowest BCUT2D eigenvalue weighted by Crippen LogP contribution is -1.95. The van der Waals surface area contributed by atoms with Gasteiger partial charge in [-0.15, -0.1) is 0 Å². The van der Waals surface area contributed by atoms with Gasteiger partial charge in [0.15, 0.2) is 17.3 Å². The quantitative estimate of drug-likeness (QED) is 0.318. The number of nitro benzene ring substituents is 1. The highest BCUT2D eigenvalue weighted by Gasteiger charge is 2.10. The Kier molecular flexibility index (Phi) is 5.70. The van der Waals surface area contributed by atoms with E-state index in [1.54, 1.807) is 18.2 Å². The molecule has 0 amide bonds. The van der Waals surface area contributed by atoms with Gasteiger partial charge in [0.05, 0.1) is 19.1 Å². The molecule has 0 bridgehead atoms. The Labute approximate surface area is 147 Å². The number of carbonyl (C=O) groups excluding carboxylic acids is 1. The van der Waals surface area contributed by atoms with Gasteiger partial charge in [0.1, 0.15) is 0 Å². The van der Waals surface area contributed by atoms with Crippen molar-refractivity contribution in [2.75, 3.05) is 14.2 Å². The molecule has 24 heavy (non-hydrogen) atoms. The highest BCUT2D eigenvalue weighted by Crippen LogP contribution is 2.33. The number of methoxy groups -OCH3 is 2. The second-order valence-electron chi connectivity index (χ2n) is 4.73. The Morgan fingerprint density at radius 3 is 2.25 bits per heavy atom. The summed E-state index contributed by atoms with van der Waals surface area (Å²) in [5.41, 5.74) is 1.05. The molecule has 0 spiro atoms. The van der Waals surface area contributed by atoms with Gasteiger partial charge in [-0.1, -0.05) is 15.9 Å². The first-order valence-corrected chi connectivity index (χ1v) is 7.64. The predicted octanol–water partition coefficient (Wildman–Crippen LogP) is 4.27. The number of carbonyl (C=O) groups is 1. The molecular weight excluding hydrogens is 378 g/mol. The molecule has 2 aromatic carbocycles. The summed E-state index contributed by atoms with van der Waals surface area (Å²) in [5.74, 6) is 0.859. The molecule has 0 atom stereocenters. The lowest BCUT2D eigenvalue weighted by Gasteiger charge is -2.09. The van der Waals surface area contributed by atoms with Gasteiger partial charge in [-0.05, 0) is 42.0 Å². The third-order valence-electron chi connectivity index (χ3n) is 3.28. The average Bonchev–Trinajstić information content (AvgIpc) is 2.60. The summed E-state index contributed by atoms with van der Waals surface area (Å²) in [4.78, 5) is 22.3. The Morgan fingerprint density at radius 1 is 1.12 bits per heavy atom. The van der Waals surface area contributed by atoms with Crippen molar-refractivity contribution in [3.63, 3.8) is 0 Å². The van der Waals surface area contributed by atoms with Crippen molar-refractivity contribution in [3.8, 4) is 11.5 Å². The predicted molar refractivity (Wildman–Crippen MR) is 93.7 cm³/mol. The fraction of sp³-hybridized carbons (Fsp3) is 0.118. The Hall–Kier alpha value is -2.67.